The van der Waals surface area contributed by atoms with Crippen molar-refractivity contribution in [1.29, 1.82) is 0 Å². The van der Waals surface area contributed by atoms with Crippen LogP contribution in [0, 0.1) is 11.6 Å². The van der Waals surface area contributed by atoms with Crippen molar-refractivity contribution in [3.8, 4) is 0 Å². The van der Waals surface area contributed by atoms with Gasteiger partial charge in [0, 0.05) is 6.07 Å². The van der Waals surface area contributed by atoms with Gasteiger partial charge < -0.3 is 15.1 Å². The molecule has 0 fully saturated rings. The molecule has 0 radical (unpaired) electrons. The van der Waals surface area contributed by atoms with E-state index in [-0.39, 0.29) is 11.4 Å². The van der Waals surface area contributed by atoms with E-state index in [0.717, 1.165) is 17.9 Å². The van der Waals surface area contributed by atoms with Crippen LogP contribution >= 0.6 is 0 Å². The van der Waals surface area contributed by atoms with Crippen molar-refractivity contribution in [2.45, 2.75) is 6.54 Å². The Morgan fingerprint density at radius 3 is 2.71 bits per heavy atom. The van der Waals surface area contributed by atoms with Gasteiger partial charge in [-0.25, -0.2) is 13.8 Å². The van der Waals surface area contributed by atoms with Crippen molar-refractivity contribution in [3.63, 3.8) is 0 Å². The van der Waals surface area contributed by atoms with Gasteiger partial charge in [0.2, 0.25) is 0 Å². The summed E-state index contributed by atoms with van der Waals surface area (Å²) in [7, 11) is 0. The van der Waals surface area contributed by atoms with E-state index in [4.69, 9.17) is 4.42 Å². The third-order valence-electron chi connectivity index (χ3n) is 3.22. The van der Waals surface area contributed by atoms with Crippen molar-refractivity contribution in [1.82, 2.24) is 4.98 Å². The molecular formula is C17H13F2N3O2. The number of hydrogen-bond donors (Lipinski definition) is 2. The number of carbonyl (C=O) groups is 1. The van der Waals surface area contributed by atoms with E-state index in [9.17, 15) is 13.6 Å². The van der Waals surface area contributed by atoms with Crippen LogP contribution in [-0.4, -0.2) is 10.9 Å². The molecule has 0 saturated heterocycles. The number of amides is 1. The molecule has 3 rings (SSSR count). The van der Waals surface area contributed by atoms with Crippen LogP contribution in [0.5, 0.6) is 0 Å². The zero-order chi connectivity index (χ0) is 16.9. The van der Waals surface area contributed by atoms with Crippen LogP contribution in [0.1, 0.15) is 16.2 Å². The quantitative estimate of drug-likeness (QED) is 0.747. The molecule has 2 heterocycles. The fourth-order valence-electron chi connectivity index (χ4n) is 2.01. The van der Waals surface area contributed by atoms with E-state index < -0.39 is 17.5 Å². The van der Waals surface area contributed by atoms with Crippen LogP contribution in [0.15, 0.2) is 59.3 Å². The first-order valence-electron chi connectivity index (χ1n) is 7.10. The lowest BCUT2D eigenvalue weighted by molar-refractivity contribution is 0.102. The van der Waals surface area contributed by atoms with Gasteiger partial charge in [-0.3, -0.25) is 4.79 Å². The normalized spacial score (nSPS) is 10.4. The van der Waals surface area contributed by atoms with E-state index in [1.807, 2.05) is 6.07 Å². The average Bonchev–Trinajstić information content (AvgIpc) is 3.09. The van der Waals surface area contributed by atoms with Gasteiger partial charge >= 0.3 is 0 Å². The molecule has 2 N–H and O–H groups in total. The van der Waals surface area contributed by atoms with E-state index in [0.29, 0.717) is 18.3 Å². The summed E-state index contributed by atoms with van der Waals surface area (Å²) in [5.41, 5.74) is 0.710. The minimum atomic E-state index is -0.847. The number of nitrogens with one attached hydrogen (secondary N) is 2. The zero-order valence-corrected chi connectivity index (χ0v) is 12.4. The van der Waals surface area contributed by atoms with Crippen LogP contribution in [0.4, 0.5) is 20.2 Å². The summed E-state index contributed by atoms with van der Waals surface area (Å²) in [6.07, 6.45) is 3.07. The Balaban J connectivity index is 1.63. The summed E-state index contributed by atoms with van der Waals surface area (Å²) in [5.74, 6) is -1.38. The summed E-state index contributed by atoms with van der Waals surface area (Å²) in [4.78, 5) is 16.1. The summed E-state index contributed by atoms with van der Waals surface area (Å²) < 4.78 is 31.6. The molecular weight excluding hydrogens is 316 g/mol. The Bertz CT molecular complexity index is 834. The van der Waals surface area contributed by atoms with Crippen LogP contribution < -0.4 is 10.6 Å². The van der Waals surface area contributed by atoms with Gasteiger partial charge in [-0.1, -0.05) is 0 Å². The number of rotatable bonds is 5. The van der Waals surface area contributed by atoms with Gasteiger partial charge in [-0.15, -0.1) is 0 Å². The average molecular weight is 329 g/mol. The molecule has 2 aromatic heterocycles. The summed E-state index contributed by atoms with van der Waals surface area (Å²) >= 11 is 0. The molecule has 122 valence electrons. The number of aromatic nitrogens is 1. The number of carbonyl (C=O) groups excluding carboxylic acids is 1. The molecule has 0 spiro atoms. The van der Waals surface area contributed by atoms with E-state index in [1.54, 1.807) is 18.4 Å². The molecule has 5 nitrogen and oxygen atoms in total. The zero-order valence-electron chi connectivity index (χ0n) is 12.4. The molecule has 3 aromatic rings. The number of pyridine rings is 1. The van der Waals surface area contributed by atoms with Gasteiger partial charge in [0.15, 0.2) is 0 Å². The SMILES string of the molecule is O=C(Nc1ccc(F)cc1F)c1ccc(NCc2ccco2)cn1. The maximum Gasteiger partial charge on any atom is 0.274 e. The minimum absolute atomic E-state index is 0.108. The lowest BCUT2D eigenvalue weighted by Gasteiger charge is -2.07. The van der Waals surface area contributed by atoms with Gasteiger partial charge in [0.1, 0.15) is 23.1 Å². The molecule has 0 aliphatic heterocycles. The molecule has 0 bridgehead atoms. The first kappa shape index (κ1) is 15.7. The molecule has 0 atom stereocenters. The maximum absolute atomic E-state index is 13.5. The Morgan fingerprint density at radius 2 is 2.04 bits per heavy atom. The molecule has 7 heteroatoms. The van der Waals surface area contributed by atoms with E-state index in [1.165, 1.54) is 12.3 Å². The molecule has 0 saturated carbocycles. The van der Waals surface area contributed by atoms with E-state index in [2.05, 4.69) is 15.6 Å². The summed E-state index contributed by atoms with van der Waals surface area (Å²) in [6, 6.07) is 9.71. The van der Waals surface area contributed by atoms with Crippen LogP contribution in [0.3, 0.4) is 0 Å². The molecule has 1 aromatic carbocycles. The van der Waals surface area contributed by atoms with Crippen molar-refractivity contribution >= 4 is 17.3 Å². The monoisotopic (exact) mass is 329 g/mol. The lowest BCUT2D eigenvalue weighted by atomic mass is 10.2. The fourth-order valence-corrected chi connectivity index (χ4v) is 2.01. The highest BCUT2D eigenvalue weighted by Crippen LogP contribution is 2.16. The summed E-state index contributed by atoms with van der Waals surface area (Å²) in [5, 5.41) is 5.44. The van der Waals surface area contributed by atoms with Crippen LogP contribution in [0.25, 0.3) is 0 Å². The Kier molecular flexibility index (Phi) is 4.51. The third kappa shape index (κ3) is 3.75. The number of hydrogen-bond acceptors (Lipinski definition) is 4. The summed E-state index contributed by atoms with van der Waals surface area (Å²) in [6.45, 7) is 0.487. The first-order valence-corrected chi connectivity index (χ1v) is 7.10. The second kappa shape index (κ2) is 6.91. The second-order valence-electron chi connectivity index (χ2n) is 4.94. The predicted octanol–water partition coefficient (Wildman–Crippen LogP) is 3.82. The van der Waals surface area contributed by atoms with Gasteiger partial charge in [0.25, 0.3) is 5.91 Å². The number of nitrogens with zero attached hydrogens (tertiary/aromatic N) is 1. The van der Waals surface area contributed by atoms with Crippen molar-refractivity contribution in [3.05, 3.63) is 78.0 Å². The highest BCUT2D eigenvalue weighted by Gasteiger charge is 2.11. The number of halogens is 2. The second-order valence-corrected chi connectivity index (χ2v) is 4.94. The first-order chi connectivity index (χ1) is 11.6. The fraction of sp³-hybridized carbons (Fsp3) is 0.0588. The predicted molar refractivity (Wildman–Crippen MR) is 84.6 cm³/mol. The van der Waals surface area contributed by atoms with Crippen LogP contribution in [0.2, 0.25) is 0 Å². The molecule has 0 aliphatic carbocycles. The van der Waals surface area contributed by atoms with Crippen molar-refractivity contribution < 1.29 is 18.0 Å². The highest BCUT2D eigenvalue weighted by molar-refractivity contribution is 6.03. The minimum Gasteiger partial charge on any atom is -0.467 e. The third-order valence-corrected chi connectivity index (χ3v) is 3.22. The molecule has 1 amide bonds. The lowest BCUT2D eigenvalue weighted by Crippen LogP contribution is -2.14. The number of benzene rings is 1. The van der Waals surface area contributed by atoms with Crippen LogP contribution in [-0.2, 0) is 6.54 Å². The number of furan rings is 1. The number of anilines is 2. The van der Waals surface area contributed by atoms with Gasteiger partial charge in [0.05, 0.1) is 30.4 Å². The maximum atomic E-state index is 13.5. The Hall–Kier alpha value is -3.22. The molecule has 24 heavy (non-hydrogen) atoms. The topological polar surface area (TPSA) is 67.2 Å². The largest absolute Gasteiger partial charge is 0.467 e. The smallest absolute Gasteiger partial charge is 0.274 e. The molecule has 0 aliphatic rings. The standard InChI is InChI=1S/C17H13F2N3O2/c18-11-3-5-15(14(19)8-11)22-17(23)16-6-4-12(9-21-16)20-10-13-2-1-7-24-13/h1-9,20H,10H2,(H,22,23). The Labute approximate surface area is 136 Å². The Morgan fingerprint density at radius 1 is 1.17 bits per heavy atom. The van der Waals surface area contributed by atoms with Gasteiger partial charge in [-0.05, 0) is 36.4 Å². The van der Waals surface area contributed by atoms with Crippen molar-refractivity contribution in [2.75, 3.05) is 10.6 Å². The van der Waals surface area contributed by atoms with Gasteiger partial charge in [-0.2, -0.15) is 0 Å². The van der Waals surface area contributed by atoms with E-state index >= 15 is 0 Å². The molecule has 0 unspecified atom stereocenters. The van der Waals surface area contributed by atoms with Crippen molar-refractivity contribution in [2.24, 2.45) is 0 Å². The highest BCUT2D eigenvalue weighted by atomic mass is 19.1.